The van der Waals surface area contributed by atoms with Crippen LogP contribution in [0, 0.1) is 6.92 Å². The Kier molecular flexibility index (Phi) is 6.06. The number of imide groups is 2. The van der Waals surface area contributed by atoms with E-state index >= 15 is 0 Å². The maximum atomic E-state index is 12.9. The first kappa shape index (κ1) is 20.6. The van der Waals surface area contributed by atoms with E-state index in [1.807, 2.05) is 0 Å². The van der Waals surface area contributed by atoms with Crippen molar-refractivity contribution in [3.05, 3.63) is 75.8 Å². The van der Waals surface area contributed by atoms with E-state index in [1.54, 1.807) is 43.3 Å². The molecule has 1 aliphatic heterocycles. The molecule has 148 valence electrons. The van der Waals surface area contributed by atoms with Crippen LogP contribution in [0.25, 0.3) is 6.08 Å². The molecular weight excluding hydrogens is 415 g/mol. The van der Waals surface area contributed by atoms with Gasteiger partial charge < -0.3 is 4.74 Å². The Bertz CT molecular complexity index is 1060. The van der Waals surface area contributed by atoms with E-state index in [0.29, 0.717) is 21.4 Å². The normalized spacial score (nSPS) is 15.5. The zero-order chi connectivity index (χ0) is 21.1. The summed E-state index contributed by atoms with van der Waals surface area (Å²) >= 11 is 12.3. The van der Waals surface area contributed by atoms with Crippen LogP contribution in [0.2, 0.25) is 10.0 Å². The summed E-state index contributed by atoms with van der Waals surface area (Å²) in [7, 11) is 0. The number of ether oxygens (including phenoxy) is 1. The van der Waals surface area contributed by atoms with Crippen molar-refractivity contribution in [2.45, 2.75) is 6.92 Å². The van der Waals surface area contributed by atoms with Gasteiger partial charge in [-0.05, 0) is 48.4 Å². The first-order valence-electron chi connectivity index (χ1n) is 8.52. The van der Waals surface area contributed by atoms with Crippen molar-refractivity contribution in [2.75, 3.05) is 11.5 Å². The van der Waals surface area contributed by atoms with Crippen LogP contribution in [0.1, 0.15) is 11.1 Å². The number of halogens is 2. The summed E-state index contributed by atoms with van der Waals surface area (Å²) in [5, 5.41) is 2.87. The van der Waals surface area contributed by atoms with Crippen molar-refractivity contribution < 1.29 is 19.1 Å². The molecule has 0 spiro atoms. The second kappa shape index (κ2) is 8.51. The van der Waals surface area contributed by atoms with Crippen LogP contribution < -0.4 is 15.0 Å². The van der Waals surface area contributed by atoms with Crippen molar-refractivity contribution in [3.8, 4) is 5.75 Å². The monoisotopic (exact) mass is 430 g/mol. The van der Waals surface area contributed by atoms with Gasteiger partial charge in [-0.1, -0.05) is 48.0 Å². The summed E-state index contributed by atoms with van der Waals surface area (Å²) in [4.78, 5) is 38.3. The molecule has 29 heavy (non-hydrogen) atoms. The minimum atomic E-state index is -0.844. The van der Waals surface area contributed by atoms with Crippen molar-refractivity contribution >= 4 is 52.8 Å². The van der Waals surface area contributed by atoms with Crippen LogP contribution in [0.4, 0.5) is 10.5 Å². The van der Waals surface area contributed by atoms with Gasteiger partial charge >= 0.3 is 6.03 Å². The Morgan fingerprint density at radius 3 is 2.52 bits per heavy atom. The zero-order valence-corrected chi connectivity index (χ0v) is 16.9. The minimum Gasteiger partial charge on any atom is -0.488 e. The Labute approximate surface area is 177 Å². The number of hydrogen-bond acceptors (Lipinski definition) is 4. The molecule has 0 aromatic heterocycles. The van der Waals surface area contributed by atoms with Crippen LogP contribution in [0.3, 0.4) is 0 Å². The standard InChI is InChI=1S/C21H16Cl2N2O4/c1-3-8-29-18-7-5-13(10-17(18)23)9-15-19(26)24-21(28)25(20(15)27)14-6-4-12(2)16(22)11-14/h3-7,9-11H,1,8H2,2H3,(H,24,26,28)/b15-9+. The molecule has 8 heteroatoms. The Balaban J connectivity index is 1.96. The van der Waals surface area contributed by atoms with Gasteiger partial charge in [0.1, 0.15) is 17.9 Å². The number of nitrogens with zero attached hydrogens (tertiary/aromatic N) is 1. The molecule has 6 nitrogen and oxygen atoms in total. The molecule has 4 amide bonds. The Morgan fingerprint density at radius 2 is 1.86 bits per heavy atom. The predicted octanol–water partition coefficient (Wildman–Crippen LogP) is 4.53. The lowest BCUT2D eigenvalue weighted by Crippen LogP contribution is -2.54. The fraction of sp³-hybridized carbons (Fsp3) is 0.0952. The number of urea groups is 1. The number of carbonyl (C=O) groups is 3. The first-order valence-corrected chi connectivity index (χ1v) is 9.28. The van der Waals surface area contributed by atoms with Crippen molar-refractivity contribution in [2.24, 2.45) is 0 Å². The van der Waals surface area contributed by atoms with Crippen LogP contribution in [0.15, 0.2) is 54.6 Å². The van der Waals surface area contributed by atoms with Crippen molar-refractivity contribution in [3.63, 3.8) is 0 Å². The molecule has 0 atom stereocenters. The van der Waals surface area contributed by atoms with Crippen LogP contribution in [-0.2, 0) is 9.59 Å². The highest BCUT2D eigenvalue weighted by Gasteiger charge is 2.37. The summed E-state index contributed by atoms with van der Waals surface area (Å²) in [6.45, 7) is 5.65. The molecule has 0 aliphatic carbocycles. The molecule has 1 saturated heterocycles. The highest BCUT2D eigenvalue weighted by Crippen LogP contribution is 2.29. The lowest BCUT2D eigenvalue weighted by atomic mass is 10.1. The third-order valence-electron chi connectivity index (χ3n) is 4.14. The van der Waals surface area contributed by atoms with E-state index in [0.717, 1.165) is 10.5 Å². The van der Waals surface area contributed by atoms with Gasteiger partial charge in [0.25, 0.3) is 11.8 Å². The maximum absolute atomic E-state index is 12.9. The first-order chi connectivity index (χ1) is 13.8. The quantitative estimate of drug-likeness (QED) is 0.429. The summed E-state index contributed by atoms with van der Waals surface area (Å²) in [6, 6.07) is 8.71. The van der Waals surface area contributed by atoms with E-state index in [1.165, 1.54) is 12.1 Å². The van der Waals surface area contributed by atoms with Gasteiger partial charge in [-0.25, -0.2) is 9.69 Å². The molecule has 2 aromatic rings. The average molecular weight is 431 g/mol. The minimum absolute atomic E-state index is 0.211. The summed E-state index contributed by atoms with van der Waals surface area (Å²) in [5.74, 6) is -1.11. The summed E-state index contributed by atoms with van der Waals surface area (Å²) < 4.78 is 5.40. The van der Waals surface area contributed by atoms with Gasteiger partial charge in [-0.15, -0.1) is 0 Å². The average Bonchev–Trinajstić information content (AvgIpc) is 2.67. The van der Waals surface area contributed by atoms with Crippen molar-refractivity contribution in [1.82, 2.24) is 5.32 Å². The number of amides is 4. The molecule has 0 bridgehead atoms. The van der Waals surface area contributed by atoms with Gasteiger partial charge in [0.2, 0.25) is 0 Å². The van der Waals surface area contributed by atoms with Gasteiger partial charge in [-0.3, -0.25) is 14.9 Å². The molecule has 3 rings (SSSR count). The SMILES string of the molecule is C=CCOc1ccc(/C=C2\C(=O)NC(=O)N(c3ccc(C)c(Cl)c3)C2=O)cc1Cl. The van der Waals surface area contributed by atoms with E-state index < -0.39 is 17.8 Å². The Morgan fingerprint density at radius 1 is 1.10 bits per heavy atom. The van der Waals surface area contributed by atoms with Gasteiger partial charge in [-0.2, -0.15) is 0 Å². The van der Waals surface area contributed by atoms with E-state index in [2.05, 4.69) is 11.9 Å². The highest BCUT2D eigenvalue weighted by molar-refractivity contribution is 6.39. The molecule has 0 saturated carbocycles. The smallest absolute Gasteiger partial charge is 0.335 e. The lowest BCUT2D eigenvalue weighted by Gasteiger charge is -2.26. The lowest BCUT2D eigenvalue weighted by molar-refractivity contribution is -0.122. The number of hydrogen-bond donors (Lipinski definition) is 1. The molecule has 1 fully saturated rings. The fourth-order valence-corrected chi connectivity index (χ4v) is 3.07. The molecule has 0 unspecified atom stereocenters. The maximum Gasteiger partial charge on any atom is 0.335 e. The van der Waals surface area contributed by atoms with Crippen LogP contribution in [-0.4, -0.2) is 24.5 Å². The summed E-state index contributed by atoms with van der Waals surface area (Å²) in [6.07, 6.45) is 2.94. The molecular formula is C21H16Cl2N2O4. The predicted molar refractivity (Wildman–Crippen MR) is 112 cm³/mol. The zero-order valence-electron chi connectivity index (χ0n) is 15.4. The number of rotatable bonds is 5. The third kappa shape index (κ3) is 4.34. The van der Waals surface area contributed by atoms with Crippen LogP contribution >= 0.6 is 23.2 Å². The number of barbiturate groups is 1. The second-order valence-electron chi connectivity index (χ2n) is 6.18. The topological polar surface area (TPSA) is 75.7 Å². The van der Waals surface area contributed by atoms with Crippen molar-refractivity contribution in [1.29, 1.82) is 0 Å². The van der Waals surface area contributed by atoms with Gasteiger partial charge in [0.15, 0.2) is 0 Å². The van der Waals surface area contributed by atoms with E-state index in [9.17, 15) is 14.4 Å². The molecule has 2 aromatic carbocycles. The molecule has 1 N–H and O–H groups in total. The summed E-state index contributed by atoms with van der Waals surface area (Å²) in [5.41, 5.74) is 1.33. The number of anilines is 1. The number of benzene rings is 2. The van der Waals surface area contributed by atoms with Gasteiger partial charge in [0.05, 0.1) is 10.7 Å². The third-order valence-corrected chi connectivity index (χ3v) is 4.84. The number of nitrogens with one attached hydrogen (secondary N) is 1. The van der Waals surface area contributed by atoms with E-state index in [-0.39, 0.29) is 17.9 Å². The molecule has 1 heterocycles. The number of aryl methyl sites for hydroxylation is 1. The second-order valence-corrected chi connectivity index (χ2v) is 7.00. The molecule has 0 radical (unpaired) electrons. The highest BCUT2D eigenvalue weighted by atomic mass is 35.5. The van der Waals surface area contributed by atoms with Gasteiger partial charge in [0, 0.05) is 5.02 Å². The largest absolute Gasteiger partial charge is 0.488 e. The Hall–Kier alpha value is -3.09. The fourth-order valence-electron chi connectivity index (χ4n) is 2.65. The van der Waals surface area contributed by atoms with E-state index in [4.69, 9.17) is 27.9 Å². The van der Waals surface area contributed by atoms with Crippen LogP contribution in [0.5, 0.6) is 5.75 Å². The molecule has 1 aliphatic rings. The number of carbonyl (C=O) groups excluding carboxylic acids is 3.